The third kappa shape index (κ3) is 9.53. The number of hydrogen-bond donors (Lipinski definition) is 0. The molecule has 0 bridgehead atoms. The number of carbonyl (C=O) groups is 1. The van der Waals surface area contributed by atoms with E-state index in [2.05, 4.69) is 33.4 Å². The molecular formula is C8H14N4O2W. The molecule has 15 heavy (non-hydrogen) atoms. The van der Waals surface area contributed by atoms with Crippen LogP contribution >= 0.6 is 0 Å². The molecule has 0 aliphatic rings. The van der Waals surface area contributed by atoms with Crippen molar-refractivity contribution in [2.75, 3.05) is 6.61 Å². The summed E-state index contributed by atoms with van der Waals surface area (Å²) in [6.45, 7) is 7.58. The molecule has 1 rings (SSSR count). The van der Waals surface area contributed by atoms with Crippen LogP contribution in [-0.4, -0.2) is 32.8 Å². The number of hydrogen-bond acceptors (Lipinski definition) is 5. The molecule has 84 valence electrons. The first kappa shape index (κ1) is 16.7. The minimum atomic E-state index is -0.376. The molecule has 1 aromatic rings. The Morgan fingerprint density at radius 1 is 1.53 bits per heavy atom. The summed E-state index contributed by atoms with van der Waals surface area (Å²) in [4.78, 5) is 11.9. The fourth-order valence-electron chi connectivity index (χ4n) is 0.552. The molecule has 0 aliphatic heterocycles. The van der Waals surface area contributed by atoms with E-state index in [0.29, 0.717) is 6.61 Å². The van der Waals surface area contributed by atoms with Crippen molar-refractivity contribution in [3.05, 3.63) is 13.3 Å². The van der Waals surface area contributed by atoms with Gasteiger partial charge in [-0.05, 0) is 6.92 Å². The second kappa shape index (κ2) is 11.3. The maximum atomic E-state index is 10.7. The number of ether oxygens (including phenoxy) is 1. The zero-order valence-corrected chi connectivity index (χ0v) is 11.8. The number of carbonyl (C=O) groups excluding carboxylic acids is 1. The Balaban J connectivity index is 0. The summed E-state index contributed by atoms with van der Waals surface area (Å²) in [5.41, 5.74) is 0. The smallest absolute Gasteiger partial charge is 0.465 e. The molecule has 0 fully saturated rings. The summed E-state index contributed by atoms with van der Waals surface area (Å²) in [7, 11) is 0. The number of nitrogens with zero attached hydrogens (tertiary/aromatic N) is 4. The summed E-state index contributed by atoms with van der Waals surface area (Å²) < 4.78 is 4.63. The zero-order valence-electron chi connectivity index (χ0n) is 8.84. The summed E-state index contributed by atoms with van der Waals surface area (Å²) in [5, 5.41) is 10.2. The van der Waals surface area contributed by atoms with E-state index in [1.165, 1.54) is 0 Å². The molecule has 6 nitrogen and oxygen atoms in total. The van der Waals surface area contributed by atoms with Crippen molar-refractivity contribution < 1.29 is 30.6 Å². The van der Waals surface area contributed by atoms with Crippen LogP contribution in [0.25, 0.3) is 0 Å². The monoisotopic (exact) mass is 382 g/mol. The second-order valence-electron chi connectivity index (χ2n) is 2.22. The van der Waals surface area contributed by atoms with Gasteiger partial charge in [-0.2, -0.15) is 11.2 Å². The van der Waals surface area contributed by atoms with Crippen LogP contribution < -0.4 is 0 Å². The third-order valence-corrected chi connectivity index (χ3v) is 0.929. The van der Waals surface area contributed by atoms with Crippen molar-refractivity contribution in [2.24, 2.45) is 0 Å². The van der Waals surface area contributed by atoms with Gasteiger partial charge >= 0.3 is 27.0 Å². The topological polar surface area (TPSA) is 69.9 Å². The summed E-state index contributed by atoms with van der Waals surface area (Å²) in [5.74, 6) is -0.376. The van der Waals surface area contributed by atoms with Gasteiger partial charge in [0.25, 0.3) is 0 Å². The Kier molecular flexibility index (Phi) is 12.5. The number of esters is 1. The van der Waals surface area contributed by atoms with E-state index in [9.17, 15) is 4.79 Å². The largest absolute Gasteiger partial charge is 2.00 e. The van der Waals surface area contributed by atoms with Crippen LogP contribution in [-0.2, 0) is 37.1 Å². The molecule has 0 aromatic carbocycles. The van der Waals surface area contributed by atoms with Crippen LogP contribution in [0, 0.1) is 13.3 Å². The third-order valence-electron chi connectivity index (χ3n) is 0.929. The van der Waals surface area contributed by atoms with Crippen molar-refractivity contribution in [1.82, 2.24) is 20.2 Å². The van der Waals surface area contributed by atoms with E-state index < -0.39 is 0 Å². The average Bonchev–Trinajstić information content (AvgIpc) is 2.58. The van der Waals surface area contributed by atoms with Crippen LogP contribution in [0.15, 0.2) is 0 Å². The Morgan fingerprint density at radius 3 is 2.53 bits per heavy atom. The number of aromatic nitrogens is 4. The number of tetrazole rings is 1. The molecule has 0 saturated carbocycles. The predicted molar refractivity (Wildman–Crippen MR) is 48.9 cm³/mol. The van der Waals surface area contributed by atoms with Crippen LogP contribution in [0.4, 0.5) is 0 Å². The summed E-state index contributed by atoms with van der Waals surface area (Å²) in [6, 6.07) is 0. The van der Waals surface area contributed by atoms with E-state index in [-0.39, 0.29) is 33.6 Å². The van der Waals surface area contributed by atoms with Gasteiger partial charge in [-0.1, -0.05) is 12.1 Å². The molecule has 1 aromatic heterocycles. The van der Waals surface area contributed by atoms with Gasteiger partial charge in [0.05, 0.1) is 6.61 Å². The van der Waals surface area contributed by atoms with Gasteiger partial charge in [0.1, 0.15) is 0 Å². The van der Waals surface area contributed by atoms with Crippen LogP contribution in [0.3, 0.4) is 0 Å². The maximum Gasteiger partial charge on any atom is 2.00 e. The predicted octanol–water partition coefficient (Wildman–Crippen LogP) is 0.264. The molecular weight excluding hydrogens is 368 g/mol. The molecule has 0 unspecified atom stereocenters. The molecule has 0 aliphatic carbocycles. The van der Waals surface area contributed by atoms with Gasteiger partial charge < -0.3 is 21.9 Å². The van der Waals surface area contributed by atoms with Crippen molar-refractivity contribution in [3.8, 4) is 0 Å². The summed E-state index contributed by atoms with van der Waals surface area (Å²) in [6.07, 6.45) is 3.22. The Labute approximate surface area is 104 Å². The standard InChI is InChI=1S/C5H7N4O2.C3H7.W/c1-2-11-5(10)3-9-7-4-6-8-9;1-3-2;/h2-3H2,1H3;1,3H2,2H3;/q2*-1;+2. The van der Waals surface area contributed by atoms with E-state index in [0.717, 1.165) is 11.2 Å². The minimum absolute atomic E-state index is 0. The van der Waals surface area contributed by atoms with Crippen molar-refractivity contribution >= 4 is 5.97 Å². The van der Waals surface area contributed by atoms with E-state index in [1.807, 2.05) is 6.92 Å². The first-order valence-corrected chi connectivity index (χ1v) is 4.33. The Morgan fingerprint density at radius 2 is 2.13 bits per heavy atom. The first-order valence-electron chi connectivity index (χ1n) is 4.33. The molecule has 0 atom stereocenters. The van der Waals surface area contributed by atoms with Gasteiger partial charge in [-0.25, -0.2) is 11.1 Å². The molecule has 0 N–H and O–H groups in total. The second-order valence-corrected chi connectivity index (χ2v) is 2.22. The number of rotatable bonds is 3. The molecule has 0 saturated heterocycles. The zero-order chi connectivity index (χ0) is 10.8. The minimum Gasteiger partial charge on any atom is -0.465 e. The van der Waals surface area contributed by atoms with Gasteiger partial charge in [-0.3, -0.25) is 0 Å². The average molecular weight is 382 g/mol. The van der Waals surface area contributed by atoms with Gasteiger partial charge in [0.2, 0.25) is 0 Å². The fourth-order valence-corrected chi connectivity index (χ4v) is 0.552. The van der Waals surface area contributed by atoms with Crippen molar-refractivity contribution in [2.45, 2.75) is 26.8 Å². The maximum absolute atomic E-state index is 10.7. The molecule has 0 amide bonds. The van der Waals surface area contributed by atoms with Crippen LogP contribution in [0.2, 0.25) is 0 Å². The molecule has 7 heteroatoms. The Bertz CT molecular complexity index is 241. The molecule has 1 heterocycles. The first-order chi connectivity index (χ1) is 6.74. The van der Waals surface area contributed by atoms with Gasteiger partial charge in [0.15, 0.2) is 6.54 Å². The normalized spacial score (nSPS) is 8.20. The van der Waals surface area contributed by atoms with Gasteiger partial charge in [0, 0.05) is 0 Å². The fraction of sp³-hybridized carbons (Fsp3) is 0.625. The Hall–Kier alpha value is -0.772. The quantitative estimate of drug-likeness (QED) is 0.555. The van der Waals surface area contributed by atoms with Crippen LogP contribution in [0.5, 0.6) is 0 Å². The van der Waals surface area contributed by atoms with E-state index in [1.54, 1.807) is 6.92 Å². The van der Waals surface area contributed by atoms with Gasteiger partial charge in [-0.15, -0.1) is 0 Å². The molecule has 0 radical (unpaired) electrons. The van der Waals surface area contributed by atoms with E-state index >= 15 is 0 Å². The van der Waals surface area contributed by atoms with Crippen molar-refractivity contribution in [1.29, 1.82) is 0 Å². The van der Waals surface area contributed by atoms with Crippen molar-refractivity contribution in [3.63, 3.8) is 0 Å². The van der Waals surface area contributed by atoms with Crippen LogP contribution in [0.1, 0.15) is 20.3 Å². The molecule has 0 spiro atoms. The SMILES string of the molecule is CCOC(=O)Cn1n[c-]nn1.[CH2-]CC.[W+2]. The summed E-state index contributed by atoms with van der Waals surface area (Å²) >= 11 is 0. The van der Waals surface area contributed by atoms with E-state index in [4.69, 9.17) is 0 Å².